The van der Waals surface area contributed by atoms with Gasteiger partial charge in [0, 0.05) is 31.3 Å². The van der Waals surface area contributed by atoms with Crippen LogP contribution in [0.15, 0.2) is 30.3 Å². The summed E-state index contributed by atoms with van der Waals surface area (Å²) in [5, 5.41) is 15.0. The van der Waals surface area contributed by atoms with E-state index in [9.17, 15) is 33.7 Å². The number of rotatable bonds is 16. The van der Waals surface area contributed by atoms with Crippen LogP contribution in [0.25, 0.3) is 0 Å². The molecule has 0 bridgehead atoms. The highest BCUT2D eigenvalue weighted by Crippen LogP contribution is 2.49. The maximum absolute atomic E-state index is 13.5. The normalized spacial score (nSPS) is 20.8. The SMILES string of the molecule is CC(CC(=O)N1CCCC1C(=O)O)OP(=O)(O)C(Cc1ccccc1)NC(=O)CC(CCCN)NC(=O)C1CCC1. The van der Waals surface area contributed by atoms with Crippen molar-refractivity contribution in [3.63, 3.8) is 0 Å². The van der Waals surface area contributed by atoms with Crippen molar-refractivity contribution in [2.75, 3.05) is 13.1 Å². The van der Waals surface area contributed by atoms with E-state index in [0.717, 1.165) is 19.3 Å². The Morgan fingerprint density at radius 3 is 2.41 bits per heavy atom. The second-order valence-corrected chi connectivity index (χ2v) is 13.0. The number of nitrogens with two attached hydrogens (primary N) is 1. The molecule has 3 amide bonds. The zero-order valence-corrected chi connectivity index (χ0v) is 24.5. The van der Waals surface area contributed by atoms with Gasteiger partial charge in [-0.25, -0.2) is 4.79 Å². The maximum atomic E-state index is 13.5. The molecule has 2 aliphatic rings. The zero-order chi connectivity index (χ0) is 30.0. The number of carbonyl (C=O) groups is 4. The molecule has 1 saturated carbocycles. The topological polar surface area (TPSA) is 188 Å². The molecule has 1 saturated heterocycles. The summed E-state index contributed by atoms with van der Waals surface area (Å²) in [6.45, 7) is 2.16. The number of nitrogens with one attached hydrogen (secondary N) is 2. The van der Waals surface area contributed by atoms with Crippen molar-refractivity contribution in [2.24, 2.45) is 11.7 Å². The summed E-state index contributed by atoms with van der Waals surface area (Å²) in [6.07, 6.45) is 3.26. The molecule has 12 nitrogen and oxygen atoms in total. The van der Waals surface area contributed by atoms with Gasteiger partial charge in [-0.1, -0.05) is 36.8 Å². The van der Waals surface area contributed by atoms with Crippen LogP contribution < -0.4 is 16.4 Å². The van der Waals surface area contributed by atoms with Gasteiger partial charge < -0.3 is 35.8 Å². The van der Waals surface area contributed by atoms with Crippen LogP contribution in [0.1, 0.15) is 70.3 Å². The summed E-state index contributed by atoms with van der Waals surface area (Å²) < 4.78 is 19.0. The molecule has 1 aromatic rings. The first kappa shape index (κ1) is 32.7. The van der Waals surface area contributed by atoms with Gasteiger partial charge in [-0.3, -0.25) is 18.9 Å². The fraction of sp³-hybridized carbons (Fsp3) is 0.643. The molecule has 0 spiro atoms. The van der Waals surface area contributed by atoms with Gasteiger partial charge in [-0.05, 0) is 57.6 Å². The smallest absolute Gasteiger partial charge is 0.350 e. The molecule has 2 fully saturated rings. The second-order valence-electron chi connectivity index (χ2n) is 11.0. The number of hydrogen-bond acceptors (Lipinski definition) is 7. The lowest BCUT2D eigenvalue weighted by Crippen LogP contribution is -2.45. The number of hydrogen-bond donors (Lipinski definition) is 5. The minimum Gasteiger partial charge on any atom is -0.480 e. The van der Waals surface area contributed by atoms with Crippen molar-refractivity contribution >= 4 is 31.3 Å². The van der Waals surface area contributed by atoms with Crippen molar-refractivity contribution in [3.05, 3.63) is 35.9 Å². The van der Waals surface area contributed by atoms with Crippen LogP contribution in [0.4, 0.5) is 0 Å². The largest absolute Gasteiger partial charge is 0.480 e. The molecule has 1 heterocycles. The lowest BCUT2D eigenvalue weighted by atomic mass is 9.84. The van der Waals surface area contributed by atoms with Crippen LogP contribution >= 0.6 is 7.60 Å². The number of carboxylic acids is 1. The molecule has 41 heavy (non-hydrogen) atoms. The molecule has 3 rings (SSSR count). The molecule has 0 aromatic heterocycles. The van der Waals surface area contributed by atoms with Gasteiger partial charge in [0.2, 0.25) is 17.7 Å². The Morgan fingerprint density at radius 2 is 1.80 bits per heavy atom. The van der Waals surface area contributed by atoms with E-state index in [-0.39, 0.29) is 31.1 Å². The van der Waals surface area contributed by atoms with Gasteiger partial charge in [0.25, 0.3) is 0 Å². The molecule has 228 valence electrons. The molecule has 1 aromatic carbocycles. The Morgan fingerprint density at radius 1 is 1.10 bits per heavy atom. The summed E-state index contributed by atoms with van der Waals surface area (Å²) in [5.74, 6) is -3.54. The average Bonchev–Trinajstić information content (AvgIpc) is 3.37. The van der Waals surface area contributed by atoms with Gasteiger partial charge in [-0.2, -0.15) is 0 Å². The van der Waals surface area contributed by atoms with Crippen LogP contribution in [0.3, 0.4) is 0 Å². The van der Waals surface area contributed by atoms with Gasteiger partial charge in [0.1, 0.15) is 11.8 Å². The highest BCUT2D eigenvalue weighted by Gasteiger charge is 2.39. The van der Waals surface area contributed by atoms with Gasteiger partial charge in [-0.15, -0.1) is 0 Å². The van der Waals surface area contributed by atoms with E-state index in [2.05, 4.69) is 10.6 Å². The predicted octanol–water partition coefficient (Wildman–Crippen LogP) is 2.14. The van der Waals surface area contributed by atoms with E-state index in [4.69, 9.17) is 10.3 Å². The standard InChI is InChI=1S/C28H43N4O8P/c1-19(16-26(34)32-15-7-13-23(32)28(36)37)40-41(38,39)25(17-20-8-3-2-4-9-20)31-24(33)18-22(12-6-14-29)30-27(35)21-10-5-11-21/h2-4,8-9,19,21-23,25H,5-7,10-18,29H2,1H3,(H,30,35)(H,31,33)(H,36,37)(H,38,39). The average molecular weight is 595 g/mol. The van der Waals surface area contributed by atoms with Crippen LogP contribution in [0.2, 0.25) is 0 Å². The molecule has 6 N–H and O–H groups in total. The summed E-state index contributed by atoms with van der Waals surface area (Å²) >= 11 is 0. The summed E-state index contributed by atoms with van der Waals surface area (Å²) in [7, 11) is -4.53. The van der Waals surface area contributed by atoms with E-state index in [1.54, 1.807) is 30.3 Å². The molecule has 0 radical (unpaired) electrons. The second kappa shape index (κ2) is 15.4. The Hall–Kier alpha value is -2.79. The predicted molar refractivity (Wildman–Crippen MR) is 152 cm³/mol. The highest BCUT2D eigenvalue weighted by atomic mass is 31.2. The lowest BCUT2D eigenvalue weighted by Gasteiger charge is -2.29. The summed E-state index contributed by atoms with van der Waals surface area (Å²) in [6, 6.07) is 7.47. The first-order valence-corrected chi connectivity index (χ1v) is 16.0. The van der Waals surface area contributed by atoms with Crippen molar-refractivity contribution in [1.82, 2.24) is 15.5 Å². The first-order valence-electron chi connectivity index (χ1n) is 14.4. The maximum Gasteiger partial charge on any atom is 0.350 e. The number of likely N-dealkylation sites (tertiary alicyclic amines) is 1. The van der Waals surface area contributed by atoms with Gasteiger partial charge in [0.15, 0.2) is 0 Å². The highest BCUT2D eigenvalue weighted by molar-refractivity contribution is 7.53. The van der Waals surface area contributed by atoms with Crippen LogP contribution in [0, 0.1) is 5.92 Å². The third-order valence-corrected chi connectivity index (χ3v) is 9.42. The van der Waals surface area contributed by atoms with E-state index < -0.39 is 49.4 Å². The molecular weight excluding hydrogens is 551 g/mol. The number of carbonyl (C=O) groups excluding carboxylic acids is 3. The van der Waals surface area contributed by atoms with Crippen LogP contribution in [0.5, 0.6) is 0 Å². The molecule has 1 aliphatic heterocycles. The fourth-order valence-electron chi connectivity index (χ4n) is 5.19. The van der Waals surface area contributed by atoms with Crippen molar-refractivity contribution in [2.45, 2.75) is 95.1 Å². The Kier molecular flexibility index (Phi) is 12.3. The number of aliphatic carboxylic acids is 1. The third-order valence-electron chi connectivity index (χ3n) is 7.66. The first-order chi connectivity index (χ1) is 19.5. The van der Waals surface area contributed by atoms with E-state index in [0.29, 0.717) is 44.3 Å². The molecular formula is C28H43N4O8P. The minimum absolute atomic E-state index is 0.00383. The molecule has 1 aliphatic carbocycles. The minimum atomic E-state index is -4.53. The Bertz CT molecular complexity index is 1100. The third kappa shape index (κ3) is 9.92. The molecule has 5 unspecified atom stereocenters. The van der Waals surface area contributed by atoms with E-state index in [1.165, 1.54) is 11.8 Å². The van der Waals surface area contributed by atoms with Crippen molar-refractivity contribution < 1.29 is 38.3 Å². The quantitative estimate of drug-likeness (QED) is 0.179. The zero-order valence-electron chi connectivity index (χ0n) is 23.6. The Balaban J connectivity index is 1.67. The number of carboxylic acid groups (broad SMARTS) is 1. The Labute approximate surface area is 240 Å². The van der Waals surface area contributed by atoms with Gasteiger partial charge >= 0.3 is 13.6 Å². The summed E-state index contributed by atoms with van der Waals surface area (Å²) in [5.41, 5.74) is 6.34. The van der Waals surface area contributed by atoms with Crippen LogP contribution in [-0.2, 0) is 34.7 Å². The summed E-state index contributed by atoms with van der Waals surface area (Å²) in [4.78, 5) is 62.2. The molecule has 5 atom stereocenters. The van der Waals surface area contributed by atoms with E-state index in [1.807, 2.05) is 0 Å². The van der Waals surface area contributed by atoms with E-state index >= 15 is 0 Å². The van der Waals surface area contributed by atoms with Crippen molar-refractivity contribution in [1.29, 1.82) is 0 Å². The number of amides is 3. The number of nitrogens with zero attached hydrogens (tertiary/aromatic N) is 1. The number of benzene rings is 1. The lowest BCUT2D eigenvalue weighted by molar-refractivity contribution is -0.148. The van der Waals surface area contributed by atoms with Crippen molar-refractivity contribution in [3.8, 4) is 0 Å². The fourth-order valence-corrected chi connectivity index (χ4v) is 6.67. The van der Waals surface area contributed by atoms with Gasteiger partial charge in [0.05, 0.1) is 12.5 Å². The van der Waals surface area contributed by atoms with Crippen LogP contribution in [-0.4, -0.2) is 75.7 Å². The molecule has 13 heteroatoms. The monoisotopic (exact) mass is 594 g/mol.